The minimum Gasteiger partial charge on any atom is -0.489 e. The van der Waals surface area contributed by atoms with E-state index in [0.29, 0.717) is 36.0 Å². The lowest BCUT2D eigenvalue weighted by atomic mass is 10.1. The van der Waals surface area contributed by atoms with E-state index in [1.54, 1.807) is 36.7 Å². The van der Waals surface area contributed by atoms with Gasteiger partial charge in [-0.05, 0) is 42.9 Å². The van der Waals surface area contributed by atoms with Crippen LogP contribution in [-0.2, 0) is 6.54 Å². The van der Waals surface area contributed by atoms with Crippen LogP contribution in [-0.4, -0.2) is 50.9 Å². The molecular formula is C28H28N6O2. The molecule has 8 nitrogen and oxygen atoms in total. The Morgan fingerprint density at radius 1 is 0.972 bits per heavy atom. The normalized spacial score (nSPS) is 10.8. The molecule has 0 saturated carbocycles. The second-order valence-corrected chi connectivity index (χ2v) is 8.23. The molecule has 0 N–H and O–H groups in total. The van der Waals surface area contributed by atoms with Crippen molar-refractivity contribution in [3.8, 4) is 34.5 Å². The first-order valence-electron chi connectivity index (χ1n) is 11.9. The largest absolute Gasteiger partial charge is 0.489 e. The second kappa shape index (κ2) is 11.9. The first-order valence-corrected chi connectivity index (χ1v) is 11.9. The first-order chi connectivity index (χ1) is 17.6. The number of rotatable bonds is 10. The highest BCUT2D eigenvalue weighted by molar-refractivity contribution is 5.60. The fourth-order valence-corrected chi connectivity index (χ4v) is 3.82. The highest BCUT2D eigenvalue weighted by atomic mass is 16.5. The van der Waals surface area contributed by atoms with E-state index in [0.717, 1.165) is 36.3 Å². The van der Waals surface area contributed by atoms with Crippen LogP contribution in [0.5, 0.6) is 5.75 Å². The molecule has 0 bridgehead atoms. The molecule has 0 fully saturated rings. The minimum absolute atomic E-state index is 0.206. The predicted molar refractivity (Wildman–Crippen MR) is 139 cm³/mol. The number of nitrogens with zero attached hydrogens (tertiary/aromatic N) is 6. The maximum absolute atomic E-state index is 12.5. The van der Waals surface area contributed by atoms with Crippen molar-refractivity contribution in [2.75, 3.05) is 26.2 Å². The van der Waals surface area contributed by atoms with Crippen molar-refractivity contribution in [2.45, 2.75) is 20.4 Å². The van der Waals surface area contributed by atoms with Gasteiger partial charge in [0.25, 0.3) is 5.56 Å². The molecule has 2 aromatic carbocycles. The summed E-state index contributed by atoms with van der Waals surface area (Å²) >= 11 is 0. The highest BCUT2D eigenvalue weighted by Crippen LogP contribution is 2.20. The standard InChI is InChI=1S/C28H28N6O2/c1-3-33(4-2)13-14-36-25-18-30-28(31-19-25)24-10-6-8-22(16-24)20-34-27(35)12-11-26(32-34)23-9-5-7-21(15-23)17-29/h5-12,15-16,18-19H,3-4,13-14,20H2,1-2H3. The average Bonchev–Trinajstić information content (AvgIpc) is 2.93. The van der Waals surface area contributed by atoms with Crippen molar-refractivity contribution >= 4 is 0 Å². The molecule has 182 valence electrons. The Morgan fingerprint density at radius 2 is 1.72 bits per heavy atom. The van der Waals surface area contributed by atoms with E-state index < -0.39 is 0 Å². The molecule has 0 unspecified atom stereocenters. The van der Waals surface area contributed by atoms with Crippen LogP contribution >= 0.6 is 0 Å². The number of nitriles is 1. The first kappa shape index (κ1) is 24.8. The van der Waals surface area contributed by atoms with Crippen LogP contribution in [0.3, 0.4) is 0 Å². The number of hydrogen-bond donors (Lipinski definition) is 0. The van der Waals surface area contributed by atoms with Crippen LogP contribution in [0.25, 0.3) is 22.6 Å². The fraction of sp³-hybridized carbons (Fsp3) is 0.250. The number of likely N-dealkylation sites (N-methyl/N-ethyl adjacent to an activating group) is 1. The Hall–Kier alpha value is -4.35. The Balaban J connectivity index is 1.48. The average molecular weight is 481 g/mol. The predicted octanol–water partition coefficient (Wildman–Crippen LogP) is 4.01. The topological polar surface area (TPSA) is 96.9 Å². The van der Waals surface area contributed by atoms with Crippen LogP contribution in [0.1, 0.15) is 25.0 Å². The van der Waals surface area contributed by atoms with Gasteiger partial charge in [0.15, 0.2) is 11.6 Å². The molecule has 2 heterocycles. The Kier molecular flexibility index (Phi) is 8.16. The second-order valence-electron chi connectivity index (χ2n) is 8.23. The van der Waals surface area contributed by atoms with Crippen molar-refractivity contribution < 1.29 is 4.74 Å². The molecule has 0 aliphatic carbocycles. The van der Waals surface area contributed by atoms with Gasteiger partial charge in [-0.15, -0.1) is 0 Å². The van der Waals surface area contributed by atoms with Crippen LogP contribution in [0.2, 0.25) is 0 Å². The zero-order chi connectivity index (χ0) is 25.3. The van der Waals surface area contributed by atoms with Crippen molar-refractivity contribution in [1.29, 1.82) is 5.26 Å². The zero-order valence-electron chi connectivity index (χ0n) is 20.5. The molecule has 0 aliphatic rings. The summed E-state index contributed by atoms with van der Waals surface area (Å²) < 4.78 is 7.20. The summed E-state index contributed by atoms with van der Waals surface area (Å²) in [7, 11) is 0. The van der Waals surface area contributed by atoms with Gasteiger partial charge in [0, 0.05) is 23.7 Å². The molecule has 8 heteroatoms. The van der Waals surface area contributed by atoms with Gasteiger partial charge in [-0.25, -0.2) is 14.6 Å². The molecule has 0 radical (unpaired) electrons. The minimum atomic E-state index is -0.206. The third-order valence-electron chi connectivity index (χ3n) is 5.87. The van der Waals surface area contributed by atoms with Crippen molar-refractivity contribution in [3.05, 3.63) is 94.5 Å². The van der Waals surface area contributed by atoms with Gasteiger partial charge in [0.1, 0.15) is 6.61 Å². The monoisotopic (exact) mass is 480 g/mol. The number of ether oxygens (including phenoxy) is 1. The third kappa shape index (κ3) is 6.20. The van der Waals surface area contributed by atoms with Crippen LogP contribution < -0.4 is 10.3 Å². The SMILES string of the molecule is CCN(CC)CCOc1cnc(-c2cccc(Cn3nc(-c4cccc(C#N)c4)ccc3=O)c2)nc1. The summed E-state index contributed by atoms with van der Waals surface area (Å²) in [6.07, 6.45) is 3.37. The van der Waals surface area contributed by atoms with E-state index in [2.05, 4.69) is 39.9 Å². The lowest BCUT2D eigenvalue weighted by Gasteiger charge is -2.17. The van der Waals surface area contributed by atoms with Crippen LogP contribution in [0.15, 0.2) is 77.9 Å². The van der Waals surface area contributed by atoms with E-state index in [1.807, 2.05) is 30.3 Å². The lowest BCUT2D eigenvalue weighted by molar-refractivity contribution is 0.222. The molecule has 2 aromatic heterocycles. The Labute approximate surface area is 210 Å². The van der Waals surface area contributed by atoms with E-state index in [4.69, 9.17) is 10.00 Å². The van der Waals surface area contributed by atoms with Gasteiger partial charge in [0.05, 0.1) is 36.3 Å². The van der Waals surface area contributed by atoms with Gasteiger partial charge in [0.2, 0.25) is 0 Å². The van der Waals surface area contributed by atoms with Gasteiger partial charge in [-0.3, -0.25) is 4.79 Å². The number of aromatic nitrogens is 4. The van der Waals surface area contributed by atoms with E-state index >= 15 is 0 Å². The number of hydrogen-bond acceptors (Lipinski definition) is 7. The molecule has 0 aliphatic heterocycles. The molecule has 36 heavy (non-hydrogen) atoms. The highest BCUT2D eigenvalue weighted by Gasteiger charge is 2.08. The summed E-state index contributed by atoms with van der Waals surface area (Å²) in [5.74, 6) is 1.21. The summed E-state index contributed by atoms with van der Waals surface area (Å²) in [4.78, 5) is 23.7. The maximum atomic E-state index is 12.5. The van der Waals surface area contributed by atoms with Gasteiger partial charge in [-0.1, -0.05) is 44.2 Å². The maximum Gasteiger partial charge on any atom is 0.267 e. The van der Waals surface area contributed by atoms with Gasteiger partial charge >= 0.3 is 0 Å². The lowest BCUT2D eigenvalue weighted by Crippen LogP contribution is -2.27. The molecule has 0 saturated heterocycles. The molecular weight excluding hydrogens is 452 g/mol. The zero-order valence-corrected chi connectivity index (χ0v) is 20.5. The third-order valence-corrected chi connectivity index (χ3v) is 5.87. The van der Waals surface area contributed by atoms with Crippen LogP contribution in [0.4, 0.5) is 0 Å². The summed E-state index contributed by atoms with van der Waals surface area (Å²) in [5.41, 5.74) is 3.48. The summed E-state index contributed by atoms with van der Waals surface area (Å²) in [5, 5.41) is 13.7. The molecule has 0 atom stereocenters. The quantitative estimate of drug-likeness (QED) is 0.338. The Bertz CT molecular complexity index is 1400. The number of benzene rings is 2. The van der Waals surface area contributed by atoms with E-state index in [9.17, 15) is 4.79 Å². The smallest absolute Gasteiger partial charge is 0.267 e. The van der Waals surface area contributed by atoms with E-state index in [1.165, 1.54) is 10.7 Å². The molecule has 0 amide bonds. The van der Waals surface area contributed by atoms with Crippen molar-refractivity contribution in [3.63, 3.8) is 0 Å². The van der Waals surface area contributed by atoms with Crippen molar-refractivity contribution in [1.82, 2.24) is 24.6 Å². The van der Waals surface area contributed by atoms with E-state index in [-0.39, 0.29) is 5.56 Å². The van der Waals surface area contributed by atoms with Crippen molar-refractivity contribution in [2.24, 2.45) is 0 Å². The van der Waals surface area contributed by atoms with Gasteiger partial charge in [-0.2, -0.15) is 10.4 Å². The van der Waals surface area contributed by atoms with Gasteiger partial charge < -0.3 is 9.64 Å². The summed E-state index contributed by atoms with van der Waals surface area (Å²) in [6, 6.07) is 20.2. The fourth-order valence-electron chi connectivity index (χ4n) is 3.82. The molecule has 0 spiro atoms. The molecule has 4 rings (SSSR count). The Morgan fingerprint density at radius 3 is 2.47 bits per heavy atom. The van der Waals surface area contributed by atoms with Crippen LogP contribution in [0, 0.1) is 11.3 Å². The molecule has 4 aromatic rings. The summed E-state index contributed by atoms with van der Waals surface area (Å²) in [6.45, 7) is 7.99.